The number of aromatic nitrogens is 1. The number of carbonyl (C=O) groups excluding carboxylic acids is 5. The summed E-state index contributed by atoms with van der Waals surface area (Å²) in [6.45, 7) is 6.62. The number of piperidine rings is 1. The minimum absolute atomic E-state index is 0.0521. The van der Waals surface area contributed by atoms with Crippen LogP contribution in [0, 0.1) is 0 Å². The van der Waals surface area contributed by atoms with E-state index in [1.807, 2.05) is 54.5 Å². The molecule has 3 aliphatic rings. The molecule has 2 aromatic carbocycles. The maximum Gasteiger partial charge on any atom is 0.264 e. The quantitative estimate of drug-likeness (QED) is 0.127. The summed E-state index contributed by atoms with van der Waals surface area (Å²) >= 11 is 0. The Morgan fingerprint density at radius 1 is 0.965 bits per heavy atom. The van der Waals surface area contributed by atoms with Gasteiger partial charge in [-0.05, 0) is 54.9 Å². The largest absolute Gasteiger partial charge is 0.496 e. The van der Waals surface area contributed by atoms with E-state index in [0.29, 0.717) is 63.2 Å². The SMILES string of the molecule is C=C1c2cnccc2C(c2cc(OC)c(CN(C)CC(=O)NCCOCCOCCNc3cccc4c3C(=O)N(C3CCC(=O)NC3=O)C4=O)c(OC)c2)=CN1C. The Morgan fingerprint density at radius 3 is 2.39 bits per heavy atom. The second kappa shape index (κ2) is 18.2. The Balaban J connectivity index is 0.893. The summed E-state index contributed by atoms with van der Waals surface area (Å²) in [4.78, 5) is 72.0. The molecule has 0 bridgehead atoms. The molecule has 16 heteroatoms. The zero-order valence-electron chi connectivity index (χ0n) is 32.5. The predicted octanol–water partition coefficient (Wildman–Crippen LogP) is 2.50. The summed E-state index contributed by atoms with van der Waals surface area (Å²) in [5.74, 6) is -1.11. The predicted molar refractivity (Wildman–Crippen MR) is 210 cm³/mol. The van der Waals surface area contributed by atoms with Gasteiger partial charge in [0.25, 0.3) is 11.8 Å². The van der Waals surface area contributed by atoms with Crippen molar-refractivity contribution in [3.8, 4) is 11.5 Å². The Hall–Kier alpha value is -6.10. The molecular weight excluding hydrogens is 734 g/mol. The number of imide groups is 2. The van der Waals surface area contributed by atoms with Crippen LogP contribution in [0.5, 0.6) is 11.5 Å². The molecule has 57 heavy (non-hydrogen) atoms. The van der Waals surface area contributed by atoms with Crippen molar-refractivity contribution in [2.45, 2.75) is 25.4 Å². The van der Waals surface area contributed by atoms with Crippen molar-refractivity contribution in [1.29, 1.82) is 0 Å². The van der Waals surface area contributed by atoms with Crippen LogP contribution >= 0.6 is 0 Å². The summed E-state index contributed by atoms with van der Waals surface area (Å²) in [6, 6.07) is 9.77. The van der Waals surface area contributed by atoms with Crippen molar-refractivity contribution < 1.29 is 42.9 Å². The average Bonchev–Trinajstić information content (AvgIpc) is 3.45. The summed E-state index contributed by atoms with van der Waals surface area (Å²) in [6.07, 6.45) is 5.74. The number of fused-ring (bicyclic) bond motifs is 2. The zero-order valence-corrected chi connectivity index (χ0v) is 32.5. The fraction of sp³-hybridized carbons (Fsp3) is 0.366. The van der Waals surface area contributed by atoms with E-state index in [9.17, 15) is 24.0 Å². The number of methoxy groups -OCH3 is 2. The number of rotatable bonds is 18. The summed E-state index contributed by atoms with van der Waals surface area (Å²) < 4.78 is 22.9. The van der Waals surface area contributed by atoms with E-state index in [4.69, 9.17) is 18.9 Å². The number of hydrogen-bond donors (Lipinski definition) is 3. The molecule has 1 atom stereocenters. The third kappa shape index (κ3) is 8.98. The van der Waals surface area contributed by atoms with Crippen LogP contribution in [-0.4, -0.2) is 130 Å². The molecule has 3 aromatic rings. The van der Waals surface area contributed by atoms with Crippen molar-refractivity contribution in [3.63, 3.8) is 0 Å². The fourth-order valence-corrected chi connectivity index (χ4v) is 7.05. The highest BCUT2D eigenvalue weighted by Gasteiger charge is 2.45. The number of ether oxygens (including phenoxy) is 4. The minimum atomic E-state index is -1.03. The van der Waals surface area contributed by atoms with Gasteiger partial charge in [-0.2, -0.15) is 0 Å². The van der Waals surface area contributed by atoms with E-state index >= 15 is 0 Å². The van der Waals surface area contributed by atoms with Crippen LogP contribution < -0.4 is 25.4 Å². The first-order valence-corrected chi connectivity index (χ1v) is 18.5. The van der Waals surface area contributed by atoms with Gasteiger partial charge < -0.3 is 34.5 Å². The molecule has 5 amide bonds. The molecular formula is C41H47N7O9. The second-order valence-electron chi connectivity index (χ2n) is 13.7. The average molecular weight is 782 g/mol. The highest BCUT2D eigenvalue weighted by Crippen LogP contribution is 2.40. The second-order valence-corrected chi connectivity index (χ2v) is 13.7. The third-order valence-corrected chi connectivity index (χ3v) is 9.90. The number of anilines is 1. The molecule has 0 spiro atoms. The first-order valence-electron chi connectivity index (χ1n) is 18.5. The van der Waals surface area contributed by atoms with Gasteiger partial charge in [0.2, 0.25) is 17.7 Å². The molecule has 1 unspecified atom stereocenters. The molecule has 1 fully saturated rings. The highest BCUT2D eigenvalue weighted by atomic mass is 16.5. The molecule has 3 N–H and O–H groups in total. The van der Waals surface area contributed by atoms with Gasteiger partial charge in [0.05, 0.1) is 63.9 Å². The van der Waals surface area contributed by atoms with Crippen LogP contribution in [0.4, 0.5) is 5.69 Å². The van der Waals surface area contributed by atoms with Gasteiger partial charge in [-0.15, -0.1) is 0 Å². The van der Waals surface area contributed by atoms with Crippen LogP contribution in [0.1, 0.15) is 55.8 Å². The molecule has 4 heterocycles. The van der Waals surface area contributed by atoms with E-state index in [1.54, 1.807) is 38.6 Å². The molecule has 300 valence electrons. The van der Waals surface area contributed by atoms with E-state index in [2.05, 4.69) is 27.5 Å². The van der Waals surface area contributed by atoms with E-state index in [-0.39, 0.29) is 36.4 Å². The number of nitrogens with zero attached hydrogens (tertiary/aromatic N) is 4. The van der Waals surface area contributed by atoms with Crippen LogP contribution in [0.3, 0.4) is 0 Å². The summed E-state index contributed by atoms with van der Waals surface area (Å²) in [5.41, 5.74) is 6.37. The van der Waals surface area contributed by atoms with Crippen molar-refractivity contribution >= 4 is 46.5 Å². The smallest absolute Gasteiger partial charge is 0.264 e. The minimum Gasteiger partial charge on any atom is -0.496 e. The van der Waals surface area contributed by atoms with Gasteiger partial charge >= 0.3 is 0 Å². The topological polar surface area (TPSA) is 181 Å². The highest BCUT2D eigenvalue weighted by molar-refractivity contribution is 6.25. The number of pyridine rings is 1. The van der Waals surface area contributed by atoms with Gasteiger partial charge in [-0.1, -0.05) is 12.6 Å². The Bertz CT molecular complexity index is 2080. The standard InChI is InChI=1S/C41H47N7O9/c1-25-29-21-42-12-11-27(29)30(23-47(25)3)26-19-34(54-4)31(35(20-26)55-5)22-46(2)24-37(50)44-14-16-57-18-17-56-15-13-43-32-8-6-7-28-38(32)41(53)48(40(28)52)33-9-10-36(49)45-39(33)51/h6-8,11-12,19-21,23,33,43H,1,9-10,13-18,22,24H2,2-5H3,(H,44,50)(H,45,49,51). The molecule has 16 nitrogen and oxygen atoms in total. The zero-order chi connectivity index (χ0) is 40.6. The lowest BCUT2D eigenvalue weighted by Gasteiger charge is -2.28. The van der Waals surface area contributed by atoms with Crippen molar-refractivity contribution in [1.82, 2.24) is 30.3 Å². The Kier molecular flexibility index (Phi) is 13.0. The van der Waals surface area contributed by atoms with E-state index < -0.39 is 29.7 Å². The molecule has 1 saturated heterocycles. The van der Waals surface area contributed by atoms with Gasteiger partial charge in [0, 0.05) is 74.2 Å². The molecule has 1 aromatic heterocycles. The van der Waals surface area contributed by atoms with Crippen molar-refractivity contribution in [2.75, 3.05) is 79.7 Å². The molecule has 0 saturated carbocycles. The summed E-state index contributed by atoms with van der Waals surface area (Å²) in [5, 5.41) is 8.21. The van der Waals surface area contributed by atoms with Gasteiger partial charge in [-0.25, -0.2) is 0 Å². The first kappa shape index (κ1) is 40.6. The number of amides is 5. The Labute approximate surface area is 330 Å². The van der Waals surface area contributed by atoms with Crippen LogP contribution in [0.25, 0.3) is 11.3 Å². The number of hydrogen-bond acceptors (Lipinski definition) is 13. The van der Waals surface area contributed by atoms with Gasteiger partial charge in [0.15, 0.2) is 0 Å². The molecule has 6 rings (SSSR count). The lowest BCUT2D eigenvalue weighted by Crippen LogP contribution is -2.54. The van der Waals surface area contributed by atoms with Crippen molar-refractivity contribution in [2.24, 2.45) is 0 Å². The number of nitrogens with one attached hydrogen (secondary N) is 3. The van der Waals surface area contributed by atoms with E-state index in [0.717, 1.165) is 38.4 Å². The molecule has 3 aliphatic heterocycles. The fourth-order valence-electron chi connectivity index (χ4n) is 7.05. The van der Waals surface area contributed by atoms with Gasteiger partial charge in [0.1, 0.15) is 17.5 Å². The lowest BCUT2D eigenvalue weighted by atomic mass is 9.91. The molecule has 0 aliphatic carbocycles. The number of benzene rings is 2. The van der Waals surface area contributed by atoms with Crippen LogP contribution in [-0.2, 0) is 30.4 Å². The summed E-state index contributed by atoms with van der Waals surface area (Å²) in [7, 11) is 7.02. The van der Waals surface area contributed by atoms with Crippen molar-refractivity contribution in [3.05, 3.63) is 95.0 Å². The normalized spacial score (nSPS) is 16.3. The maximum atomic E-state index is 13.2. The monoisotopic (exact) mass is 781 g/mol. The first-order chi connectivity index (χ1) is 27.5. The lowest BCUT2D eigenvalue weighted by molar-refractivity contribution is -0.136. The number of likely N-dealkylation sites (N-methyl/N-ethyl adjacent to an activating group) is 1. The Morgan fingerprint density at radius 2 is 1.68 bits per heavy atom. The van der Waals surface area contributed by atoms with Crippen LogP contribution in [0.15, 0.2) is 61.6 Å². The number of carbonyl (C=O) groups is 5. The molecule has 0 radical (unpaired) electrons. The maximum absolute atomic E-state index is 13.2. The van der Waals surface area contributed by atoms with Crippen LogP contribution in [0.2, 0.25) is 0 Å². The van der Waals surface area contributed by atoms with Gasteiger partial charge in [-0.3, -0.25) is 44.1 Å². The van der Waals surface area contributed by atoms with E-state index in [1.165, 1.54) is 0 Å². The third-order valence-electron chi connectivity index (χ3n) is 9.90.